The first-order chi connectivity index (χ1) is 9.11. The quantitative estimate of drug-likeness (QED) is 0.835. The number of carbonyl (C=O) groups is 2. The van der Waals surface area contributed by atoms with E-state index in [2.05, 4.69) is 6.92 Å². The molecule has 6 nitrogen and oxygen atoms in total. The zero-order chi connectivity index (χ0) is 13.8. The van der Waals surface area contributed by atoms with Crippen LogP contribution in [0.25, 0.3) is 0 Å². The van der Waals surface area contributed by atoms with Crippen molar-refractivity contribution < 1.29 is 19.4 Å². The van der Waals surface area contributed by atoms with Crippen LogP contribution in [-0.2, 0) is 9.53 Å². The Bertz CT molecular complexity index is 348. The fourth-order valence-electron chi connectivity index (χ4n) is 2.90. The standard InChI is InChI=1S/C13H22N2O4/c1-2-10-4-3-5-15(10)13(18)14-6-7-19-11(9-14)8-12(16)17/h10-11H,2-9H2,1H3,(H,16,17). The van der Waals surface area contributed by atoms with Crippen LogP contribution in [0.3, 0.4) is 0 Å². The molecule has 2 fully saturated rings. The number of morpholine rings is 1. The fraction of sp³-hybridized carbons (Fsp3) is 0.846. The SMILES string of the molecule is CCC1CCCN1C(=O)N1CCOC(CC(=O)O)C1. The lowest BCUT2D eigenvalue weighted by Crippen LogP contribution is -2.52. The summed E-state index contributed by atoms with van der Waals surface area (Å²) in [4.78, 5) is 26.8. The molecule has 0 aromatic carbocycles. The van der Waals surface area contributed by atoms with Crippen molar-refractivity contribution in [2.24, 2.45) is 0 Å². The van der Waals surface area contributed by atoms with Gasteiger partial charge in [-0.25, -0.2) is 4.79 Å². The van der Waals surface area contributed by atoms with Gasteiger partial charge in [0.2, 0.25) is 0 Å². The van der Waals surface area contributed by atoms with Crippen LogP contribution in [-0.4, -0.2) is 65.3 Å². The lowest BCUT2D eigenvalue weighted by molar-refractivity contribution is -0.141. The Balaban J connectivity index is 1.93. The second kappa shape index (κ2) is 6.23. The highest BCUT2D eigenvalue weighted by Gasteiger charge is 2.33. The lowest BCUT2D eigenvalue weighted by atomic mass is 10.2. The van der Waals surface area contributed by atoms with Crippen LogP contribution in [0.5, 0.6) is 0 Å². The molecule has 0 aromatic heterocycles. The van der Waals surface area contributed by atoms with E-state index in [9.17, 15) is 9.59 Å². The number of likely N-dealkylation sites (tertiary alicyclic amines) is 1. The molecule has 19 heavy (non-hydrogen) atoms. The Morgan fingerprint density at radius 2 is 2.16 bits per heavy atom. The fourth-order valence-corrected chi connectivity index (χ4v) is 2.90. The van der Waals surface area contributed by atoms with E-state index in [0.717, 1.165) is 25.8 Å². The highest BCUT2D eigenvalue weighted by atomic mass is 16.5. The third kappa shape index (κ3) is 3.37. The molecule has 2 unspecified atom stereocenters. The number of carboxylic acid groups (broad SMARTS) is 1. The highest BCUT2D eigenvalue weighted by molar-refractivity contribution is 5.75. The number of urea groups is 1. The summed E-state index contributed by atoms with van der Waals surface area (Å²) >= 11 is 0. The van der Waals surface area contributed by atoms with E-state index in [4.69, 9.17) is 9.84 Å². The van der Waals surface area contributed by atoms with Crippen molar-refractivity contribution in [2.75, 3.05) is 26.2 Å². The molecule has 2 aliphatic rings. The maximum absolute atomic E-state index is 12.4. The van der Waals surface area contributed by atoms with Gasteiger partial charge in [0.25, 0.3) is 0 Å². The van der Waals surface area contributed by atoms with Gasteiger partial charge in [0, 0.05) is 25.7 Å². The Morgan fingerprint density at radius 3 is 2.84 bits per heavy atom. The van der Waals surface area contributed by atoms with Gasteiger partial charge in [0.1, 0.15) is 0 Å². The Labute approximate surface area is 113 Å². The molecule has 0 saturated carbocycles. The predicted octanol–water partition coefficient (Wildman–Crippen LogP) is 1.16. The minimum Gasteiger partial charge on any atom is -0.481 e. The van der Waals surface area contributed by atoms with Crippen molar-refractivity contribution in [1.29, 1.82) is 0 Å². The topological polar surface area (TPSA) is 70.1 Å². The van der Waals surface area contributed by atoms with E-state index >= 15 is 0 Å². The summed E-state index contributed by atoms with van der Waals surface area (Å²) in [7, 11) is 0. The van der Waals surface area contributed by atoms with Gasteiger partial charge in [-0.15, -0.1) is 0 Å². The molecule has 2 heterocycles. The predicted molar refractivity (Wildman–Crippen MR) is 69.0 cm³/mol. The van der Waals surface area contributed by atoms with Gasteiger partial charge >= 0.3 is 12.0 Å². The van der Waals surface area contributed by atoms with Gasteiger partial charge < -0.3 is 19.6 Å². The molecule has 2 amide bonds. The lowest BCUT2D eigenvalue weighted by Gasteiger charge is -2.36. The third-order valence-electron chi connectivity index (χ3n) is 3.91. The Morgan fingerprint density at radius 1 is 1.37 bits per heavy atom. The number of carboxylic acids is 1. The zero-order valence-corrected chi connectivity index (χ0v) is 11.4. The minimum atomic E-state index is -0.882. The molecule has 0 aliphatic carbocycles. The van der Waals surface area contributed by atoms with Crippen molar-refractivity contribution in [2.45, 2.75) is 44.8 Å². The molecule has 6 heteroatoms. The summed E-state index contributed by atoms with van der Waals surface area (Å²) in [6.07, 6.45) is 2.70. The highest BCUT2D eigenvalue weighted by Crippen LogP contribution is 2.22. The van der Waals surface area contributed by atoms with E-state index in [1.54, 1.807) is 4.90 Å². The molecule has 0 aromatic rings. The van der Waals surface area contributed by atoms with Gasteiger partial charge in [-0.05, 0) is 19.3 Å². The van der Waals surface area contributed by atoms with Crippen LogP contribution in [0.1, 0.15) is 32.6 Å². The zero-order valence-electron chi connectivity index (χ0n) is 11.4. The van der Waals surface area contributed by atoms with E-state index in [1.165, 1.54) is 0 Å². The number of rotatable bonds is 3. The number of hydrogen-bond donors (Lipinski definition) is 1. The van der Waals surface area contributed by atoms with Crippen LogP contribution in [0.4, 0.5) is 4.79 Å². The van der Waals surface area contributed by atoms with E-state index in [0.29, 0.717) is 25.7 Å². The van der Waals surface area contributed by atoms with Gasteiger partial charge in [-0.2, -0.15) is 0 Å². The van der Waals surface area contributed by atoms with Gasteiger partial charge in [-0.3, -0.25) is 4.79 Å². The number of carbonyl (C=O) groups excluding carboxylic acids is 1. The van der Waals surface area contributed by atoms with Crippen molar-refractivity contribution in [1.82, 2.24) is 9.80 Å². The molecule has 2 aliphatic heterocycles. The first-order valence-corrected chi connectivity index (χ1v) is 7.00. The number of aliphatic carboxylic acids is 1. The third-order valence-corrected chi connectivity index (χ3v) is 3.91. The van der Waals surface area contributed by atoms with Gasteiger partial charge in [0.05, 0.1) is 19.1 Å². The van der Waals surface area contributed by atoms with Crippen LogP contribution in [0.15, 0.2) is 0 Å². The Kier molecular flexibility index (Phi) is 4.63. The number of ether oxygens (including phenoxy) is 1. The summed E-state index contributed by atoms with van der Waals surface area (Å²) in [5.74, 6) is -0.882. The summed E-state index contributed by atoms with van der Waals surface area (Å²) in [5, 5.41) is 8.79. The van der Waals surface area contributed by atoms with E-state index in [-0.39, 0.29) is 18.6 Å². The second-order valence-electron chi connectivity index (χ2n) is 5.22. The van der Waals surface area contributed by atoms with Crippen LogP contribution < -0.4 is 0 Å². The molecule has 2 atom stereocenters. The monoisotopic (exact) mass is 270 g/mol. The van der Waals surface area contributed by atoms with Crippen LogP contribution >= 0.6 is 0 Å². The van der Waals surface area contributed by atoms with Crippen LogP contribution in [0, 0.1) is 0 Å². The maximum atomic E-state index is 12.4. The summed E-state index contributed by atoms with van der Waals surface area (Å²) in [6.45, 7) is 4.29. The van der Waals surface area contributed by atoms with Gasteiger partial charge in [-0.1, -0.05) is 6.92 Å². The van der Waals surface area contributed by atoms with Crippen molar-refractivity contribution in [3.63, 3.8) is 0 Å². The molecule has 2 rings (SSSR count). The first kappa shape index (κ1) is 14.1. The molecule has 0 spiro atoms. The number of nitrogens with zero attached hydrogens (tertiary/aromatic N) is 2. The molecular weight excluding hydrogens is 248 g/mol. The van der Waals surface area contributed by atoms with Crippen molar-refractivity contribution >= 4 is 12.0 Å². The minimum absolute atomic E-state index is 0.0407. The molecule has 108 valence electrons. The van der Waals surface area contributed by atoms with Crippen molar-refractivity contribution in [3.05, 3.63) is 0 Å². The number of hydrogen-bond acceptors (Lipinski definition) is 3. The molecule has 1 N–H and O–H groups in total. The first-order valence-electron chi connectivity index (χ1n) is 7.00. The average molecular weight is 270 g/mol. The largest absolute Gasteiger partial charge is 0.481 e. The van der Waals surface area contributed by atoms with Crippen molar-refractivity contribution in [3.8, 4) is 0 Å². The van der Waals surface area contributed by atoms with E-state index in [1.807, 2.05) is 4.90 Å². The van der Waals surface area contributed by atoms with Crippen LogP contribution in [0.2, 0.25) is 0 Å². The molecule has 0 bridgehead atoms. The van der Waals surface area contributed by atoms with E-state index < -0.39 is 5.97 Å². The second-order valence-corrected chi connectivity index (χ2v) is 5.22. The molecule has 0 radical (unpaired) electrons. The molecular formula is C13H22N2O4. The summed E-state index contributed by atoms with van der Waals surface area (Å²) < 4.78 is 5.39. The smallest absolute Gasteiger partial charge is 0.320 e. The summed E-state index contributed by atoms with van der Waals surface area (Å²) in [5.41, 5.74) is 0. The van der Waals surface area contributed by atoms with Gasteiger partial charge in [0.15, 0.2) is 0 Å². The Hall–Kier alpha value is -1.30. The normalized spacial score (nSPS) is 27.6. The molecule has 2 saturated heterocycles. The number of amides is 2. The maximum Gasteiger partial charge on any atom is 0.320 e. The summed E-state index contributed by atoms with van der Waals surface area (Å²) in [6, 6.07) is 0.385. The average Bonchev–Trinajstić information content (AvgIpc) is 2.85.